The molecule has 0 saturated heterocycles. The summed E-state index contributed by atoms with van der Waals surface area (Å²) >= 11 is 17.6. The summed E-state index contributed by atoms with van der Waals surface area (Å²) in [6, 6.07) is 5.36. The summed E-state index contributed by atoms with van der Waals surface area (Å²) in [5, 5.41) is 5.84. The van der Waals surface area contributed by atoms with Crippen LogP contribution >= 0.6 is 50.9 Å². The van der Waals surface area contributed by atoms with Gasteiger partial charge in [-0.05, 0) is 41.9 Å². The highest BCUT2D eigenvalue weighted by molar-refractivity contribution is 9.10. The fourth-order valence-electron chi connectivity index (χ4n) is 2.27. The predicted octanol–water partition coefficient (Wildman–Crippen LogP) is 6.10. The summed E-state index contributed by atoms with van der Waals surface area (Å²) in [7, 11) is 0. The lowest BCUT2D eigenvalue weighted by Gasteiger charge is -2.12. The van der Waals surface area contributed by atoms with Crippen molar-refractivity contribution >= 4 is 67.6 Å². The van der Waals surface area contributed by atoms with Crippen LogP contribution in [0.5, 0.6) is 0 Å². The van der Waals surface area contributed by atoms with Crippen molar-refractivity contribution in [2.45, 2.75) is 24.6 Å². The van der Waals surface area contributed by atoms with E-state index in [1.165, 1.54) is 18.7 Å². The molecular weight excluding hydrogens is 435 g/mol. The van der Waals surface area contributed by atoms with E-state index >= 15 is 0 Å². The molecule has 0 aliphatic heterocycles. The third-order valence-electron chi connectivity index (χ3n) is 3.33. The smallest absolute Gasteiger partial charge is 0.164 e. The predicted molar refractivity (Wildman–Crippen MR) is 100 cm³/mol. The van der Waals surface area contributed by atoms with Crippen molar-refractivity contribution in [1.82, 2.24) is 10.1 Å². The van der Waals surface area contributed by atoms with Crippen molar-refractivity contribution in [2.75, 3.05) is 0 Å². The van der Waals surface area contributed by atoms with Gasteiger partial charge < -0.3 is 4.52 Å². The van der Waals surface area contributed by atoms with Crippen LogP contribution in [0, 0.1) is 6.92 Å². The van der Waals surface area contributed by atoms with Crippen LogP contribution in [0.4, 0.5) is 0 Å². The lowest BCUT2D eigenvalue weighted by atomic mass is 10.1. The Hall–Kier alpha value is -1.08. The first-order valence-electron chi connectivity index (χ1n) is 6.91. The summed E-state index contributed by atoms with van der Waals surface area (Å²) in [5.74, 6) is 1.09. The molecule has 3 aromatic rings. The number of halogens is 3. The molecule has 124 valence electrons. The van der Waals surface area contributed by atoms with Gasteiger partial charge in [-0.1, -0.05) is 40.1 Å². The summed E-state index contributed by atoms with van der Waals surface area (Å²) in [4.78, 5) is 16.7. The third kappa shape index (κ3) is 3.33. The van der Waals surface area contributed by atoms with E-state index in [4.69, 9.17) is 27.7 Å². The molecule has 0 aliphatic carbocycles. The van der Waals surface area contributed by atoms with E-state index in [9.17, 15) is 4.79 Å². The van der Waals surface area contributed by atoms with Gasteiger partial charge in [-0.15, -0.1) is 0 Å². The molecule has 0 bridgehead atoms. The lowest BCUT2D eigenvalue weighted by molar-refractivity contribution is 0.101. The fraction of sp³-hybridized carbons (Fsp3) is 0.188. The second-order valence-corrected chi connectivity index (χ2v) is 7.74. The van der Waals surface area contributed by atoms with Crippen molar-refractivity contribution < 1.29 is 9.32 Å². The number of aryl methyl sites for hydroxylation is 1. The Balaban J connectivity index is 2.13. The molecule has 3 rings (SSSR count). The Kier molecular flexibility index (Phi) is 5.20. The van der Waals surface area contributed by atoms with Crippen LogP contribution in [0.1, 0.15) is 28.7 Å². The number of nitrogens with zero attached hydrogens (tertiary/aromatic N) is 2. The van der Waals surface area contributed by atoms with Gasteiger partial charge in [-0.2, -0.15) is 0 Å². The van der Waals surface area contributed by atoms with E-state index in [0.29, 0.717) is 37.3 Å². The van der Waals surface area contributed by atoms with Crippen LogP contribution in [0.25, 0.3) is 10.9 Å². The van der Waals surface area contributed by atoms with Crippen LogP contribution in [-0.4, -0.2) is 15.9 Å². The maximum atomic E-state index is 12.1. The van der Waals surface area contributed by atoms with Gasteiger partial charge in [-0.25, -0.2) is 4.98 Å². The van der Waals surface area contributed by atoms with E-state index in [1.807, 2.05) is 13.0 Å². The molecule has 0 fully saturated rings. The molecule has 0 unspecified atom stereocenters. The molecule has 0 amide bonds. The summed E-state index contributed by atoms with van der Waals surface area (Å²) in [5.41, 5.74) is 1.76. The minimum absolute atomic E-state index is 0.163. The number of fused-ring (bicyclic) bond motifs is 1. The molecule has 8 heteroatoms. The number of Topliss-reactive ketones (excluding diaryl/α,β-unsaturated/α-hetero) is 1. The number of pyridine rings is 1. The van der Waals surface area contributed by atoms with Gasteiger partial charge in [-0.3, -0.25) is 4.79 Å². The molecule has 24 heavy (non-hydrogen) atoms. The van der Waals surface area contributed by atoms with Crippen molar-refractivity contribution in [3.63, 3.8) is 0 Å². The molecule has 1 aromatic carbocycles. The molecule has 0 spiro atoms. The average Bonchev–Trinajstić information content (AvgIpc) is 2.93. The van der Waals surface area contributed by atoms with Crippen molar-refractivity contribution in [3.8, 4) is 0 Å². The molecule has 0 N–H and O–H groups in total. The summed E-state index contributed by atoms with van der Waals surface area (Å²) < 4.78 is 5.82. The molecule has 0 atom stereocenters. The normalized spacial score (nSPS) is 11.2. The minimum atomic E-state index is -0.163. The summed E-state index contributed by atoms with van der Waals surface area (Å²) in [6.07, 6.45) is 0. The average molecular weight is 446 g/mol. The quantitative estimate of drug-likeness (QED) is 0.359. The molecule has 0 aliphatic rings. The molecule has 4 nitrogen and oxygen atoms in total. The Morgan fingerprint density at radius 3 is 2.75 bits per heavy atom. The van der Waals surface area contributed by atoms with E-state index < -0.39 is 0 Å². The number of thioether (sulfide) groups is 1. The maximum absolute atomic E-state index is 12.1. The fourth-order valence-corrected chi connectivity index (χ4v) is 4.42. The number of benzene rings is 1. The topological polar surface area (TPSA) is 56.0 Å². The van der Waals surface area contributed by atoms with Gasteiger partial charge >= 0.3 is 0 Å². The van der Waals surface area contributed by atoms with Gasteiger partial charge in [0.2, 0.25) is 0 Å². The highest BCUT2D eigenvalue weighted by Gasteiger charge is 2.21. The van der Waals surface area contributed by atoms with Crippen molar-refractivity contribution in [3.05, 3.63) is 49.7 Å². The van der Waals surface area contributed by atoms with E-state index in [-0.39, 0.29) is 5.78 Å². The van der Waals surface area contributed by atoms with Gasteiger partial charge in [0.05, 0.1) is 26.8 Å². The zero-order valence-corrected chi connectivity index (χ0v) is 16.6. The molecule has 0 radical (unpaired) electrons. The second kappa shape index (κ2) is 7.04. The number of carbonyl (C=O) groups is 1. The van der Waals surface area contributed by atoms with Crippen LogP contribution < -0.4 is 0 Å². The number of carbonyl (C=O) groups excluding carboxylic acids is 1. The third-order valence-corrected chi connectivity index (χ3v) is 5.67. The number of ketones is 1. The van der Waals surface area contributed by atoms with E-state index in [1.54, 1.807) is 12.1 Å². The first kappa shape index (κ1) is 17.7. The van der Waals surface area contributed by atoms with E-state index in [0.717, 1.165) is 15.9 Å². The van der Waals surface area contributed by atoms with Gasteiger partial charge in [0.1, 0.15) is 10.8 Å². The first-order valence-corrected chi connectivity index (χ1v) is 9.45. The lowest BCUT2D eigenvalue weighted by Crippen LogP contribution is -2.02. The van der Waals surface area contributed by atoms with Crippen LogP contribution in [0.2, 0.25) is 10.0 Å². The Morgan fingerprint density at radius 2 is 2.12 bits per heavy atom. The highest BCUT2D eigenvalue weighted by Crippen LogP contribution is 2.40. The molecule has 2 aromatic heterocycles. The zero-order valence-electron chi connectivity index (χ0n) is 12.7. The maximum Gasteiger partial charge on any atom is 0.164 e. The SMILES string of the molecule is CC(=O)c1c(SCc2cc(C)on2)nc2c(Br)ccc(Cl)c2c1Cl. The van der Waals surface area contributed by atoms with Crippen LogP contribution in [0.15, 0.2) is 32.2 Å². The van der Waals surface area contributed by atoms with Crippen LogP contribution in [0.3, 0.4) is 0 Å². The number of hydrogen-bond donors (Lipinski definition) is 0. The molecular formula is C16H11BrCl2N2O2S. The number of aromatic nitrogens is 2. The first-order chi connectivity index (χ1) is 11.4. The number of hydrogen-bond acceptors (Lipinski definition) is 5. The standard InChI is InChI=1S/C16H11BrCl2N2O2S/c1-7-5-9(21-23-7)6-24-16-12(8(2)22)14(19)13-11(18)4-3-10(17)15(13)20-16/h3-5H,6H2,1-2H3. The largest absolute Gasteiger partial charge is 0.361 e. The van der Waals surface area contributed by atoms with Gasteiger partial charge in [0.15, 0.2) is 5.78 Å². The monoisotopic (exact) mass is 444 g/mol. The Bertz CT molecular complexity index is 959. The molecule has 2 heterocycles. The number of rotatable bonds is 4. The highest BCUT2D eigenvalue weighted by atomic mass is 79.9. The second-order valence-electron chi connectivity index (χ2n) is 5.13. The summed E-state index contributed by atoms with van der Waals surface area (Å²) in [6.45, 7) is 3.29. The van der Waals surface area contributed by atoms with Gasteiger partial charge in [0, 0.05) is 21.7 Å². The van der Waals surface area contributed by atoms with Crippen molar-refractivity contribution in [1.29, 1.82) is 0 Å². The van der Waals surface area contributed by atoms with Gasteiger partial charge in [0.25, 0.3) is 0 Å². The molecule has 0 saturated carbocycles. The van der Waals surface area contributed by atoms with Crippen molar-refractivity contribution in [2.24, 2.45) is 0 Å². The minimum Gasteiger partial charge on any atom is -0.361 e. The van der Waals surface area contributed by atoms with E-state index in [2.05, 4.69) is 26.1 Å². The Morgan fingerprint density at radius 1 is 1.38 bits per heavy atom. The Labute approximate surface area is 161 Å². The zero-order chi connectivity index (χ0) is 17.4. The van der Waals surface area contributed by atoms with Crippen LogP contribution in [-0.2, 0) is 5.75 Å².